The third kappa shape index (κ3) is 5.73. The SMILES string of the molecule is COc1ccc(CCC(=O)Nc2ccc(OC3CCN(C)CC3)cc2)cc1C. The fourth-order valence-electron chi connectivity index (χ4n) is 3.49. The van der Waals surface area contributed by atoms with Crippen molar-refractivity contribution in [2.45, 2.75) is 38.7 Å². The number of methoxy groups -OCH3 is 1. The Bertz CT molecular complexity index is 781. The van der Waals surface area contributed by atoms with E-state index in [9.17, 15) is 4.79 Å². The van der Waals surface area contributed by atoms with E-state index < -0.39 is 0 Å². The van der Waals surface area contributed by atoms with Crippen LogP contribution in [0.25, 0.3) is 0 Å². The summed E-state index contributed by atoms with van der Waals surface area (Å²) in [5, 5.41) is 2.96. The molecule has 5 heteroatoms. The van der Waals surface area contributed by atoms with Gasteiger partial charge in [0.25, 0.3) is 0 Å². The van der Waals surface area contributed by atoms with Crippen molar-refractivity contribution >= 4 is 11.6 Å². The van der Waals surface area contributed by atoms with Gasteiger partial charge in [0.15, 0.2) is 0 Å². The predicted octanol–water partition coefficient (Wildman–Crippen LogP) is 4.05. The van der Waals surface area contributed by atoms with Crippen LogP contribution in [0.3, 0.4) is 0 Å². The summed E-state index contributed by atoms with van der Waals surface area (Å²) < 4.78 is 11.3. The van der Waals surface area contributed by atoms with E-state index in [1.807, 2.05) is 43.3 Å². The van der Waals surface area contributed by atoms with E-state index in [1.54, 1.807) is 7.11 Å². The standard InChI is InChI=1S/C23H30N2O3/c1-17-16-18(4-10-22(17)27-3)5-11-23(26)24-19-6-8-20(9-7-19)28-21-12-14-25(2)15-13-21/h4,6-10,16,21H,5,11-15H2,1-3H3,(H,24,26). The third-order valence-electron chi connectivity index (χ3n) is 5.21. The van der Waals surface area contributed by atoms with Crippen LogP contribution in [0.1, 0.15) is 30.4 Å². The van der Waals surface area contributed by atoms with E-state index in [-0.39, 0.29) is 12.0 Å². The summed E-state index contributed by atoms with van der Waals surface area (Å²) in [5.74, 6) is 1.74. The molecule has 150 valence electrons. The van der Waals surface area contributed by atoms with E-state index in [4.69, 9.17) is 9.47 Å². The van der Waals surface area contributed by atoms with Gasteiger partial charge in [-0.2, -0.15) is 0 Å². The molecule has 0 unspecified atom stereocenters. The van der Waals surface area contributed by atoms with Gasteiger partial charge in [-0.15, -0.1) is 0 Å². The molecule has 1 saturated heterocycles. The zero-order chi connectivity index (χ0) is 19.9. The molecule has 1 amide bonds. The van der Waals surface area contributed by atoms with Gasteiger partial charge in [0.05, 0.1) is 7.11 Å². The second-order valence-corrected chi connectivity index (χ2v) is 7.50. The zero-order valence-corrected chi connectivity index (χ0v) is 17.0. The van der Waals surface area contributed by atoms with Crippen LogP contribution in [0.4, 0.5) is 5.69 Å². The monoisotopic (exact) mass is 382 g/mol. The summed E-state index contributed by atoms with van der Waals surface area (Å²) in [6, 6.07) is 13.7. The Morgan fingerprint density at radius 3 is 2.50 bits per heavy atom. The Balaban J connectivity index is 1.45. The highest BCUT2D eigenvalue weighted by atomic mass is 16.5. The normalized spacial score (nSPS) is 15.2. The van der Waals surface area contributed by atoms with E-state index >= 15 is 0 Å². The van der Waals surface area contributed by atoms with Gasteiger partial charge in [-0.3, -0.25) is 4.79 Å². The first-order valence-electron chi connectivity index (χ1n) is 9.92. The van der Waals surface area contributed by atoms with Crippen LogP contribution in [0.5, 0.6) is 11.5 Å². The molecule has 1 heterocycles. The van der Waals surface area contributed by atoms with E-state index in [1.165, 1.54) is 0 Å². The highest BCUT2D eigenvalue weighted by Crippen LogP contribution is 2.22. The van der Waals surface area contributed by atoms with Gasteiger partial charge in [-0.05, 0) is 74.7 Å². The average molecular weight is 383 g/mol. The first-order chi connectivity index (χ1) is 13.5. The number of benzene rings is 2. The van der Waals surface area contributed by atoms with Crippen LogP contribution in [0, 0.1) is 6.92 Å². The van der Waals surface area contributed by atoms with Crippen molar-refractivity contribution in [3.8, 4) is 11.5 Å². The van der Waals surface area contributed by atoms with Gasteiger partial charge in [0.2, 0.25) is 5.91 Å². The molecular formula is C23H30N2O3. The lowest BCUT2D eigenvalue weighted by Crippen LogP contribution is -2.35. The van der Waals surface area contributed by atoms with E-state index in [0.29, 0.717) is 12.8 Å². The molecule has 3 rings (SSSR count). The molecule has 0 bridgehead atoms. The molecule has 1 aliphatic heterocycles. The van der Waals surface area contributed by atoms with E-state index in [0.717, 1.165) is 54.2 Å². The number of aryl methyl sites for hydroxylation is 2. The summed E-state index contributed by atoms with van der Waals surface area (Å²) in [7, 11) is 3.81. The average Bonchev–Trinajstić information content (AvgIpc) is 2.70. The zero-order valence-electron chi connectivity index (χ0n) is 17.0. The number of amides is 1. The highest BCUT2D eigenvalue weighted by Gasteiger charge is 2.17. The molecular weight excluding hydrogens is 352 g/mol. The van der Waals surface area contributed by atoms with Crippen molar-refractivity contribution in [3.63, 3.8) is 0 Å². The number of hydrogen-bond donors (Lipinski definition) is 1. The fourth-order valence-corrected chi connectivity index (χ4v) is 3.49. The van der Waals surface area contributed by atoms with E-state index in [2.05, 4.69) is 23.3 Å². The Kier molecular flexibility index (Phi) is 6.93. The van der Waals surface area contributed by atoms with Gasteiger partial charge in [0, 0.05) is 25.2 Å². The van der Waals surface area contributed by atoms with Crippen LogP contribution in [0.2, 0.25) is 0 Å². The lowest BCUT2D eigenvalue weighted by Gasteiger charge is -2.29. The molecule has 0 saturated carbocycles. The summed E-state index contributed by atoms with van der Waals surface area (Å²) in [6.07, 6.45) is 3.54. The number of nitrogens with zero attached hydrogens (tertiary/aromatic N) is 1. The predicted molar refractivity (Wildman–Crippen MR) is 112 cm³/mol. The van der Waals surface area contributed by atoms with Gasteiger partial charge < -0.3 is 19.7 Å². The van der Waals surface area contributed by atoms with Crippen molar-refractivity contribution in [1.29, 1.82) is 0 Å². The minimum Gasteiger partial charge on any atom is -0.496 e. The minimum atomic E-state index is 0.0115. The molecule has 2 aromatic carbocycles. The van der Waals surface area contributed by atoms with Crippen LogP contribution in [-0.4, -0.2) is 44.2 Å². The molecule has 1 N–H and O–H groups in total. The van der Waals surface area contributed by atoms with Crippen molar-refractivity contribution < 1.29 is 14.3 Å². The maximum Gasteiger partial charge on any atom is 0.224 e. The lowest BCUT2D eigenvalue weighted by molar-refractivity contribution is -0.116. The maximum absolute atomic E-state index is 12.3. The number of carbonyl (C=O) groups is 1. The Labute approximate surface area is 167 Å². The van der Waals surface area contributed by atoms with Crippen LogP contribution in [0.15, 0.2) is 42.5 Å². The Hall–Kier alpha value is -2.53. The molecule has 0 radical (unpaired) electrons. The molecule has 28 heavy (non-hydrogen) atoms. The summed E-state index contributed by atoms with van der Waals surface area (Å²) in [5.41, 5.74) is 3.02. The summed E-state index contributed by atoms with van der Waals surface area (Å²) in [4.78, 5) is 14.6. The summed E-state index contributed by atoms with van der Waals surface area (Å²) >= 11 is 0. The molecule has 0 spiro atoms. The van der Waals surface area contributed by atoms with Crippen molar-refractivity contribution in [2.75, 3.05) is 32.6 Å². The highest BCUT2D eigenvalue weighted by molar-refractivity contribution is 5.90. The van der Waals surface area contributed by atoms with Gasteiger partial charge in [-0.1, -0.05) is 12.1 Å². The topological polar surface area (TPSA) is 50.8 Å². The van der Waals surface area contributed by atoms with Gasteiger partial charge in [-0.25, -0.2) is 0 Å². The third-order valence-corrected chi connectivity index (χ3v) is 5.21. The summed E-state index contributed by atoms with van der Waals surface area (Å²) in [6.45, 7) is 4.16. The number of nitrogens with one attached hydrogen (secondary N) is 1. The maximum atomic E-state index is 12.3. The Morgan fingerprint density at radius 2 is 1.86 bits per heavy atom. The molecule has 5 nitrogen and oxygen atoms in total. The first kappa shape index (κ1) is 20.2. The molecule has 1 aliphatic rings. The van der Waals surface area contributed by atoms with Gasteiger partial charge >= 0.3 is 0 Å². The molecule has 0 aromatic heterocycles. The number of piperidine rings is 1. The largest absolute Gasteiger partial charge is 0.496 e. The molecule has 0 atom stereocenters. The van der Waals surface area contributed by atoms with Crippen molar-refractivity contribution in [2.24, 2.45) is 0 Å². The molecule has 0 aliphatic carbocycles. The lowest BCUT2D eigenvalue weighted by atomic mass is 10.1. The Morgan fingerprint density at radius 1 is 1.14 bits per heavy atom. The number of likely N-dealkylation sites (tertiary alicyclic amines) is 1. The van der Waals surface area contributed by atoms with Crippen LogP contribution in [-0.2, 0) is 11.2 Å². The quantitative estimate of drug-likeness (QED) is 0.785. The molecule has 2 aromatic rings. The van der Waals surface area contributed by atoms with Gasteiger partial charge in [0.1, 0.15) is 17.6 Å². The van der Waals surface area contributed by atoms with Crippen molar-refractivity contribution in [1.82, 2.24) is 4.90 Å². The number of ether oxygens (including phenoxy) is 2. The first-order valence-corrected chi connectivity index (χ1v) is 9.92. The van der Waals surface area contributed by atoms with Crippen LogP contribution < -0.4 is 14.8 Å². The number of rotatable bonds is 7. The second kappa shape index (κ2) is 9.60. The number of carbonyl (C=O) groups excluding carboxylic acids is 1. The molecule has 1 fully saturated rings. The fraction of sp³-hybridized carbons (Fsp3) is 0.435. The number of anilines is 1. The smallest absolute Gasteiger partial charge is 0.224 e. The second-order valence-electron chi connectivity index (χ2n) is 7.50. The van der Waals surface area contributed by atoms with Crippen molar-refractivity contribution in [3.05, 3.63) is 53.6 Å². The minimum absolute atomic E-state index is 0.0115. The van der Waals surface area contributed by atoms with Crippen LogP contribution >= 0.6 is 0 Å². The number of hydrogen-bond acceptors (Lipinski definition) is 4.